The Morgan fingerprint density at radius 1 is 1.30 bits per heavy atom. The van der Waals surface area contributed by atoms with Crippen molar-refractivity contribution in [3.8, 4) is 0 Å². The predicted molar refractivity (Wildman–Crippen MR) is 88.3 cm³/mol. The van der Waals surface area contributed by atoms with Gasteiger partial charge in [0.25, 0.3) is 0 Å². The van der Waals surface area contributed by atoms with Gasteiger partial charge in [0.1, 0.15) is 11.2 Å². The van der Waals surface area contributed by atoms with Crippen LogP contribution in [-0.2, 0) is 9.59 Å². The predicted octanol–water partition coefficient (Wildman–Crippen LogP) is 2.80. The molecule has 0 N–H and O–H groups in total. The zero-order valence-electron chi connectivity index (χ0n) is 13.2. The van der Waals surface area contributed by atoms with Crippen LogP contribution >= 0.6 is 11.8 Å². The Hall–Kier alpha value is -1.56. The Balaban J connectivity index is 1.71. The van der Waals surface area contributed by atoms with Crippen molar-refractivity contribution >= 4 is 23.6 Å². The molecule has 23 heavy (non-hydrogen) atoms. The van der Waals surface area contributed by atoms with E-state index in [1.165, 1.54) is 17.8 Å². The molecule has 1 aromatic carbocycles. The van der Waals surface area contributed by atoms with Crippen LogP contribution in [0.15, 0.2) is 24.3 Å². The Bertz CT molecular complexity index is 604. The minimum Gasteiger partial charge on any atom is -0.343 e. The first-order chi connectivity index (χ1) is 11.1. The lowest BCUT2D eigenvalue weighted by molar-refractivity contribution is -0.133. The summed E-state index contributed by atoms with van der Waals surface area (Å²) in [5.41, 5.74) is 0.517. The van der Waals surface area contributed by atoms with Gasteiger partial charge in [0, 0.05) is 31.6 Å². The molecule has 124 valence electrons. The number of rotatable bonds is 4. The highest BCUT2D eigenvalue weighted by molar-refractivity contribution is 8.01. The van der Waals surface area contributed by atoms with E-state index in [-0.39, 0.29) is 28.3 Å². The number of carbonyl (C=O) groups excluding carboxylic acids is 2. The number of hydrogen-bond acceptors (Lipinski definition) is 3. The minimum absolute atomic E-state index is 0.0162. The molecule has 2 atom stereocenters. The lowest BCUT2D eigenvalue weighted by atomic mass is 10.2. The number of hydrogen-bond donors (Lipinski definition) is 0. The van der Waals surface area contributed by atoms with Crippen molar-refractivity contribution in [2.75, 3.05) is 19.6 Å². The highest BCUT2D eigenvalue weighted by Gasteiger charge is 2.39. The molecule has 2 aliphatic heterocycles. The molecule has 2 fully saturated rings. The standard InChI is InChI=1S/C17H21FN2O2S/c1-12-16(22)20(11-8-15(21)19-9-4-5-10-19)17(23-12)13-6-2-3-7-14(13)18/h2-3,6-7,12,17H,4-5,8-11H2,1H3. The van der Waals surface area contributed by atoms with Crippen LogP contribution in [0.5, 0.6) is 0 Å². The number of thioether (sulfide) groups is 1. The third-order valence-electron chi connectivity index (χ3n) is 4.44. The number of benzene rings is 1. The maximum Gasteiger partial charge on any atom is 0.236 e. The fourth-order valence-corrected chi connectivity index (χ4v) is 4.49. The van der Waals surface area contributed by atoms with Crippen LogP contribution in [0.25, 0.3) is 0 Å². The van der Waals surface area contributed by atoms with Crippen molar-refractivity contribution in [2.24, 2.45) is 0 Å². The number of amides is 2. The molecular formula is C17H21FN2O2S. The SMILES string of the molecule is CC1SC(c2ccccc2F)N(CCC(=O)N2CCCC2)C1=O. The fraction of sp³-hybridized carbons (Fsp3) is 0.529. The highest BCUT2D eigenvalue weighted by Crippen LogP contribution is 2.43. The van der Waals surface area contributed by atoms with E-state index in [0.29, 0.717) is 18.5 Å². The summed E-state index contributed by atoms with van der Waals surface area (Å²) in [6.45, 7) is 3.82. The molecule has 2 unspecified atom stereocenters. The number of likely N-dealkylation sites (tertiary alicyclic amines) is 1. The quantitative estimate of drug-likeness (QED) is 0.849. The molecule has 0 radical (unpaired) electrons. The van der Waals surface area contributed by atoms with Crippen LogP contribution in [0.1, 0.15) is 37.1 Å². The Kier molecular flexibility index (Phi) is 4.90. The lowest BCUT2D eigenvalue weighted by Gasteiger charge is -2.25. The first-order valence-electron chi connectivity index (χ1n) is 8.06. The molecule has 0 aliphatic carbocycles. The van der Waals surface area contributed by atoms with Crippen LogP contribution in [0.3, 0.4) is 0 Å². The monoisotopic (exact) mass is 336 g/mol. The van der Waals surface area contributed by atoms with Crippen LogP contribution in [-0.4, -0.2) is 46.5 Å². The van der Waals surface area contributed by atoms with E-state index < -0.39 is 0 Å². The third kappa shape index (κ3) is 3.37. The fourth-order valence-electron chi connectivity index (χ4n) is 3.16. The molecular weight excluding hydrogens is 315 g/mol. The second kappa shape index (κ2) is 6.91. The van der Waals surface area contributed by atoms with Crippen molar-refractivity contribution in [3.05, 3.63) is 35.6 Å². The number of halogens is 1. The molecule has 2 aliphatic rings. The molecule has 0 aromatic heterocycles. The van der Waals surface area contributed by atoms with Gasteiger partial charge >= 0.3 is 0 Å². The van der Waals surface area contributed by atoms with Crippen molar-refractivity contribution in [2.45, 2.75) is 36.8 Å². The van der Waals surface area contributed by atoms with E-state index in [0.717, 1.165) is 25.9 Å². The molecule has 1 aromatic rings. The smallest absolute Gasteiger partial charge is 0.236 e. The largest absolute Gasteiger partial charge is 0.343 e. The van der Waals surface area contributed by atoms with Crippen LogP contribution in [0.4, 0.5) is 4.39 Å². The second-order valence-electron chi connectivity index (χ2n) is 6.02. The van der Waals surface area contributed by atoms with Crippen LogP contribution in [0, 0.1) is 5.82 Å². The average Bonchev–Trinajstić information content (AvgIpc) is 3.16. The van der Waals surface area contributed by atoms with Gasteiger partial charge in [-0.3, -0.25) is 9.59 Å². The molecule has 4 nitrogen and oxygen atoms in total. The molecule has 2 saturated heterocycles. The normalized spacial score (nSPS) is 24.5. The highest BCUT2D eigenvalue weighted by atomic mass is 32.2. The van der Waals surface area contributed by atoms with Crippen LogP contribution < -0.4 is 0 Å². The van der Waals surface area contributed by atoms with Crippen molar-refractivity contribution in [3.63, 3.8) is 0 Å². The van der Waals surface area contributed by atoms with Gasteiger partial charge in [-0.25, -0.2) is 4.39 Å². The Labute approximate surface area is 140 Å². The van der Waals surface area contributed by atoms with Gasteiger partial charge in [-0.2, -0.15) is 0 Å². The van der Waals surface area contributed by atoms with Crippen LogP contribution in [0.2, 0.25) is 0 Å². The van der Waals surface area contributed by atoms with E-state index >= 15 is 0 Å². The maximum atomic E-state index is 14.1. The zero-order chi connectivity index (χ0) is 16.4. The molecule has 2 heterocycles. The van der Waals surface area contributed by atoms with E-state index in [1.54, 1.807) is 23.1 Å². The van der Waals surface area contributed by atoms with Crippen molar-refractivity contribution in [1.29, 1.82) is 0 Å². The molecule has 0 spiro atoms. The summed E-state index contributed by atoms with van der Waals surface area (Å²) in [5, 5.41) is -0.549. The van der Waals surface area contributed by atoms with Gasteiger partial charge in [-0.05, 0) is 25.8 Å². The molecule has 0 bridgehead atoms. The lowest BCUT2D eigenvalue weighted by Crippen LogP contribution is -2.36. The first kappa shape index (κ1) is 16.3. The average molecular weight is 336 g/mol. The van der Waals surface area contributed by atoms with E-state index in [4.69, 9.17) is 0 Å². The summed E-state index contributed by atoms with van der Waals surface area (Å²) in [7, 11) is 0. The summed E-state index contributed by atoms with van der Waals surface area (Å²) in [5.74, 6) is -0.229. The second-order valence-corrected chi connectivity index (χ2v) is 7.45. The van der Waals surface area contributed by atoms with Gasteiger partial charge in [-0.1, -0.05) is 18.2 Å². The van der Waals surface area contributed by atoms with Gasteiger partial charge in [0.15, 0.2) is 0 Å². The number of nitrogens with zero attached hydrogens (tertiary/aromatic N) is 2. The van der Waals surface area contributed by atoms with Gasteiger partial charge < -0.3 is 9.80 Å². The summed E-state index contributed by atoms with van der Waals surface area (Å²) in [6.07, 6.45) is 2.42. The molecule has 2 amide bonds. The zero-order valence-corrected chi connectivity index (χ0v) is 14.0. The summed E-state index contributed by atoms with van der Waals surface area (Å²) < 4.78 is 14.1. The van der Waals surface area contributed by atoms with Crippen molar-refractivity contribution < 1.29 is 14.0 Å². The molecule has 0 saturated carbocycles. The summed E-state index contributed by atoms with van der Waals surface area (Å²) >= 11 is 1.44. The number of carbonyl (C=O) groups is 2. The Morgan fingerprint density at radius 3 is 2.70 bits per heavy atom. The third-order valence-corrected chi connectivity index (χ3v) is 5.82. The molecule has 6 heteroatoms. The first-order valence-corrected chi connectivity index (χ1v) is 9.00. The van der Waals surface area contributed by atoms with E-state index in [1.807, 2.05) is 11.8 Å². The summed E-state index contributed by atoms with van der Waals surface area (Å²) in [4.78, 5) is 28.1. The maximum absolute atomic E-state index is 14.1. The van der Waals surface area contributed by atoms with Gasteiger partial charge in [-0.15, -0.1) is 11.8 Å². The topological polar surface area (TPSA) is 40.6 Å². The Morgan fingerprint density at radius 2 is 2.00 bits per heavy atom. The van der Waals surface area contributed by atoms with Gasteiger partial charge in [0.05, 0.1) is 5.25 Å². The van der Waals surface area contributed by atoms with Crippen molar-refractivity contribution in [1.82, 2.24) is 9.80 Å². The summed E-state index contributed by atoms with van der Waals surface area (Å²) in [6, 6.07) is 6.55. The van der Waals surface area contributed by atoms with E-state index in [2.05, 4.69) is 0 Å². The molecule has 3 rings (SSSR count). The minimum atomic E-state index is -0.343. The van der Waals surface area contributed by atoms with Gasteiger partial charge in [0.2, 0.25) is 11.8 Å². The van der Waals surface area contributed by atoms with E-state index in [9.17, 15) is 14.0 Å².